The summed E-state index contributed by atoms with van der Waals surface area (Å²) >= 11 is 3.15. The molecule has 1 aliphatic carbocycles. The van der Waals surface area contributed by atoms with Crippen LogP contribution in [0.4, 0.5) is 22.9 Å². The Kier molecular flexibility index (Phi) is 8.62. The second kappa shape index (κ2) is 11.9. The molecule has 3 aliphatic rings. The number of hydrogen-bond donors (Lipinski definition) is 3. The molecule has 0 radical (unpaired) electrons. The van der Waals surface area contributed by atoms with Gasteiger partial charge in [0, 0.05) is 54.3 Å². The number of aliphatic hydroxyl groups excluding tert-OH is 1. The van der Waals surface area contributed by atoms with Gasteiger partial charge in [0.15, 0.2) is 0 Å². The van der Waals surface area contributed by atoms with Crippen molar-refractivity contribution in [2.75, 3.05) is 65.5 Å². The summed E-state index contributed by atoms with van der Waals surface area (Å²) in [5.74, 6) is 0.543. The van der Waals surface area contributed by atoms with E-state index in [1.54, 1.807) is 18.0 Å². The first-order valence-corrected chi connectivity index (χ1v) is 15.6. The molecule has 5 rings (SSSR count). The van der Waals surface area contributed by atoms with Crippen LogP contribution in [0.1, 0.15) is 49.9 Å². The predicted molar refractivity (Wildman–Crippen MR) is 159 cm³/mol. The van der Waals surface area contributed by atoms with Gasteiger partial charge >= 0.3 is 0 Å². The molecule has 10 heteroatoms. The first-order valence-electron chi connectivity index (χ1n) is 13.5. The molecule has 2 atom stereocenters. The zero-order valence-corrected chi connectivity index (χ0v) is 24.2. The van der Waals surface area contributed by atoms with Crippen molar-refractivity contribution < 1.29 is 14.6 Å². The fourth-order valence-corrected chi connectivity index (χ4v) is 6.39. The summed E-state index contributed by atoms with van der Waals surface area (Å²) in [5.41, 5.74) is 3.95. The van der Waals surface area contributed by atoms with E-state index in [1.807, 2.05) is 19.1 Å². The molecular weight excluding hydrogens is 518 g/mol. The number of piperidine rings is 1. The number of rotatable bonds is 9. The highest BCUT2D eigenvalue weighted by atomic mass is 32.2. The molecule has 206 valence electrons. The van der Waals surface area contributed by atoms with Crippen LogP contribution < -0.4 is 19.8 Å². The van der Waals surface area contributed by atoms with Crippen LogP contribution in [0, 0.1) is 5.41 Å². The van der Waals surface area contributed by atoms with Crippen molar-refractivity contribution in [1.82, 2.24) is 4.98 Å². The van der Waals surface area contributed by atoms with Gasteiger partial charge in [-0.15, -0.1) is 11.8 Å². The van der Waals surface area contributed by atoms with E-state index in [0.29, 0.717) is 23.4 Å². The van der Waals surface area contributed by atoms with E-state index in [4.69, 9.17) is 4.74 Å². The smallest absolute Gasteiger partial charge is 0.259 e. The first-order chi connectivity index (χ1) is 18.4. The second-order valence-corrected chi connectivity index (χ2v) is 12.8. The van der Waals surface area contributed by atoms with Gasteiger partial charge < -0.3 is 29.7 Å². The molecule has 1 saturated carbocycles. The topological polar surface area (TPSA) is 90.0 Å². The number of carbonyl (C=O) groups excluding carboxylic acids is 1. The molecule has 3 heterocycles. The number of thioether (sulfide) groups is 1. The SMILES string of the molecule is CSc1ccc(NC(=O)c2cnc(NS[C@H](C)CO)cc2N2CCC3(CC2)CC3)cc1N1CCO[C@H](C)C1. The summed E-state index contributed by atoms with van der Waals surface area (Å²) in [6.45, 7) is 8.40. The number of ether oxygens (including phenoxy) is 1. The summed E-state index contributed by atoms with van der Waals surface area (Å²) in [7, 11) is 0. The number of pyridine rings is 1. The molecule has 2 saturated heterocycles. The monoisotopic (exact) mass is 557 g/mol. The van der Waals surface area contributed by atoms with Crippen molar-refractivity contribution in [1.29, 1.82) is 0 Å². The van der Waals surface area contributed by atoms with Gasteiger partial charge in [0.2, 0.25) is 0 Å². The van der Waals surface area contributed by atoms with Crippen LogP contribution in [0.2, 0.25) is 0 Å². The Morgan fingerprint density at radius 3 is 2.66 bits per heavy atom. The molecule has 3 fully saturated rings. The standard InChI is InChI=1S/C28H39N5O3S2/c1-19-17-33(12-13-36-19)24-14-21(4-5-25(24)37-3)30-27(35)22-16-29-26(31-38-20(2)18-34)15-23(22)32-10-8-28(6-7-28)9-11-32/h4-5,14-16,19-20,34H,6-13,17-18H2,1-3H3,(H,29,31)(H,30,35)/t19-,20-/m1/s1. The number of aliphatic hydroxyl groups is 1. The van der Waals surface area contributed by atoms with Crippen LogP contribution in [-0.4, -0.2) is 73.0 Å². The highest BCUT2D eigenvalue weighted by molar-refractivity contribution is 8.01. The van der Waals surface area contributed by atoms with Crippen molar-refractivity contribution in [3.8, 4) is 0 Å². The predicted octanol–water partition coefficient (Wildman–Crippen LogP) is 5.10. The van der Waals surface area contributed by atoms with Crippen molar-refractivity contribution in [2.24, 2.45) is 5.41 Å². The summed E-state index contributed by atoms with van der Waals surface area (Å²) in [6.07, 6.45) is 8.96. The van der Waals surface area contributed by atoms with E-state index in [0.717, 1.165) is 43.2 Å². The van der Waals surface area contributed by atoms with Crippen molar-refractivity contribution >= 4 is 52.5 Å². The van der Waals surface area contributed by atoms with Gasteiger partial charge in [0.1, 0.15) is 5.82 Å². The molecule has 3 N–H and O–H groups in total. The number of anilines is 4. The third-order valence-electron chi connectivity index (χ3n) is 7.89. The molecule has 1 amide bonds. The average molecular weight is 558 g/mol. The number of morpholine rings is 1. The van der Waals surface area contributed by atoms with E-state index in [-0.39, 0.29) is 23.9 Å². The highest BCUT2D eigenvalue weighted by Gasteiger charge is 2.44. The van der Waals surface area contributed by atoms with E-state index in [1.165, 1.54) is 42.5 Å². The lowest BCUT2D eigenvalue weighted by Crippen LogP contribution is -2.41. The summed E-state index contributed by atoms with van der Waals surface area (Å²) in [6, 6.07) is 8.12. The number of amides is 1. The van der Waals surface area contributed by atoms with Crippen molar-refractivity contribution in [2.45, 2.75) is 55.8 Å². The first kappa shape index (κ1) is 27.4. The highest BCUT2D eigenvalue weighted by Crippen LogP contribution is 2.54. The van der Waals surface area contributed by atoms with Gasteiger partial charge in [-0.05, 0) is 81.3 Å². The quantitative estimate of drug-likeness (QED) is 0.288. The molecule has 8 nitrogen and oxygen atoms in total. The Balaban J connectivity index is 1.37. The van der Waals surface area contributed by atoms with Crippen molar-refractivity contribution in [3.63, 3.8) is 0 Å². The van der Waals surface area contributed by atoms with Crippen LogP contribution >= 0.6 is 23.7 Å². The van der Waals surface area contributed by atoms with Crippen LogP contribution in [0.25, 0.3) is 0 Å². The number of benzene rings is 1. The summed E-state index contributed by atoms with van der Waals surface area (Å²) in [5, 5.41) is 12.6. The lowest BCUT2D eigenvalue weighted by Gasteiger charge is -2.35. The third kappa shape index (κ3) is 6.35. The van der Waals surface area contributed by atoms with Gasteiger partial charge in [-0.25, -0.2) is 4.98 Å². The van der Waals surface area contributed by atoms with Crippen LogP contribution in [0.15, 0.2) is 35.4 Å². The molecule has 38 heavy (non-hydrogen) atoms. The fourth-order valence-electron chi connectivity index (χ4n) is 5.28. The Morgan fingerprint density at radius 1 is 1.18 bits per heavy atom. The minimum atomic E-state index is -0.152. The maximum atomic E-state index is 13.7. The van der Waals surface area contributed by atoms with Crippen molar-refractivity contribution in [3.05, 3.63) is 36.0 Å². The van der Waals surface area contributed by atoms with Crippen LogP contribution in [-0.2, 0) is 4.74 Å². The molecule has 1 spiro atoms. The van der Waals surface area contributed by atoms with Crippen LogP contribution in [0.3, 0.4) is 0 Å². The number of hydrogen-bond acceptors (Lipinski definition) is 9. The van der Waals surface area contributed by atoms with E-state index >= 15 is 0 Å². The largest absolute Gasteiger partial charge is 0.395 e. The number of nitrogens with one attached hydrogen (secondary N) is 2. The lowest BCUT2D eigenvalue weighted by atomic mass is 9.93. The van der Waals surface area contributed by atoms with Gasteiger partial charge in [0.05, 0.1) is 36.3 Å². The van der Waals surface area contributed by atoms with Gasteiger partial charge in [-0.1, -0.05) is 0 Å². The minimum Gasteiger partial charge on any atom is -0.395 e. The van der Waals surface area contributed by atoms with Crippen LogP contribution in [0.5, 0.6) is 0 Å². The molecule has 0 bridgehead atoms. The minimum absolute atomic E-state index is 0.0424. The zero-order valence-electron chi connectivity index (χ0n) is 22.5. The number of nitrogens with zero attached hydrogens (tertiary/aromatic N) is 3. The summed E-state index contributed by atoms with van der Waals surface area (Å²) < 4.78 is 8.99. The lowest BCUT2D eigenvalue weighted by molar-refractivity contribution is 0.0530. The number of aromatic nitrogens is 1. The Bertz CT molecular complexity index is 1140. The van der Waals surface area contributed by atoms with Gasteiger partial charge in [-0.2, -0.15) is 0 Å². The fraction of sp³-hybridized carbons (Fsp3) is 0.571. The molecule has 0 unspecified atom stereocenters. The third-order valence-corrected chi connectivity index (χ3v) is 9.55. The van der Waals surface area contributed by atoms with Gasteiger partial charge in [0.25, 0.3) is 5.91 Å². The molecule has 2 aromatic rings. The maximum Gasteiger partial charge on any atom is 0.259 e. The Labute approximate surface area is 234 Å². The average Bonchev–Trinajstić information content (AvgIpc) is 3.70. The Morgan fingerprint density at radius 2 is 1.97 bits per heavy atom. The molecule has 1 aromatic heterocycles. The van der Waals surface area contributed by atoms with Gasteiger partial charge in [-0.3, -0.25) is 4.79 Å². The normalized spacial score (nSPS) is 21.3. The maximum absolute atomic E-state index is 13.7. The Hall–Kier alpha value is -2.14. The van der Waals surface area contributed by atoms with E-state index < -0.39 is 0 Å². The summed E-state index contributed by atoms with van der Waals surface area (Å²) in [4.78, 5) is 24.1. The molecular formula is C28H39N5O3S2. The van der Waals surface area contributed by atoms with E-state index in [9.17, 15) is 9.90 Å². The number of carbonyl (C=O) groups is 1. The zero-order chi connectivity index (χ0) is 26.7. The molecule has 2 aliphatic heterocycles. The second-order valence-electron chi connectivity index (χ2n) is 10.8. The molecule has 1 aromatic carbocycles. The van der Waals surface area contributed by atoms with E-state index in [2.05, 4.69) is 50.1 Å².